The van der Waals surface area contributed by atoms with Gasteiger partial charge >= 0.3 is 7.12 Å². The van der Waals surface area contributed by atoms with Gasteiger partial charge in [0.2, 0.25) is 0 Å². The van der Waals surface area contributed by atoms with Crippen molar-refractivity contribution in [3.8, 4) is 22.5 Å². The quantitative estimate of drug-likeness (QED) is 0.0931. The number of nitrogens with one attached hydrogen (secondary N) is 2. The molecule has 0 saturated carbocycles. The van der Waals surface area contributed by atoms with Crippen LogP contribution in [0.3, 0.4) is 0 Å². The van der Waals surface area contributed by atoms with E-state index in [4.69, 9.17) is 32.4 Å². The van der Waals surface area contributed by atoms with Gasteiger partial charge in [0.25, 0.3) is 11.1 Å². The smallest absolute Gasteiger partial charge is 0.399 e. The van der Waals surface area contributed by atoms with Crippen LogP contribution in [0.25, 0.3) is 64.7 Å². The van der Waals surface area contributed by atoms with Gasteiger partial charge in [0.15, 0.2) is 11.6 Å². The molecule has 1 aliphatic heterocycles. The highest BCUT2D eigenvalue weighted by atomic mass is 35.5. The number of halogens is 1. The Hall–Kier alpha value is -8.99. The van der Waals surface area contributed by atoms with E-state index in [-0.39, 0.29) is 41.5 Å². The third-order valence-electron chi connectivity index (χ3n) is 14.4. The Balaban J connectivity index is 0.000000138. The predicted molar refractivity (Wildman–Crippen MR) is 331 cm³/mol. The molecule has 18 nitrogen and oxygen atoms in total. The van der Waals surface area contributed by atoms with Crippen LogP contribution in [0.2, 0.25) is 5.02 Å². The first-order chi connectivity index (χ1) is 39.5. The van der Waals surface area contributed by atoms with E-state index in [1.807, 2.05) is 157 Å². The molecule has 1 aliphatic rings. The molecule has 410 valence electrons. The summed E-state index contributed by atoms with van der Waals surface area (Å²) in [7, 11) is -0.388. The largest absolute Gasteiger partial charge is 0.496 e. The number of hydrogen-bond acceptors (Lipinski definition) is 18. The zero-order chi connectivity index (χ0) is 57.3. The molecule has 0 radical (unpaired) electrons. The average Bonchev–Trinajstić information content (AvgIpc) is 4.26. The van der Waals surface area contributed by atoms with Crippen molar-refractivity contribution in [1.29, 1.82) is 0 Å². The van der Waals surface area contributed by atoms with Gasteiger partial charge in [-0.3, -0.25) is 28.7 Å². The van der Waals surface area contributed by atoms with Crippen molar-refractivity contribution in [2.75, 3.05) is 22.1 Å². The maximum atomic E-state index is 14.2. The van der Waals surface area contributed by atoms with Gasteiger partial charge in [-0.1, -0.05) is 78.3 Å². The second kappa shape index (κ2) is 22.9. The maximum Gasteiger partial charge on any atom is 0.496 e. The van der Waals surface area contributed by atoms with Crippen LogP contribution in [-0.4, -0.2) is 67.3 Å². The first kappa shape index (κ1) is 54.9. The molecule has 6 N–H and O–H groups in total. The molecule has 13 rings (SSSR count). The lowest BCUT2D eigenvalue weighted by atomic mass is 9.80. The SMILES string of the molecule is CC1(C)OB(c2cncc(N)c2)OC1(C)C.C[C@H](Nc1ncnc2scnc12)c1cc2cccc(-c3cncc(N)c3)c2c(=O)n1-c1ccccc1.C[C@H](Nc1ncnc2scnc12)c1cc2cccc(Cl)c2c(=O)n1-c1ccccc1. The van der Waals surface area contributed by atoms with Crippen molar-refractivity contribution in [2.45, 2.75) is 64.8 Å². The normalized spacial score (nSPS) is 14.2. The molecule has 9 heterocycles. The van der Waals surface area contributed by atoms with Crippen molar-refractivity contribution < 1.29 is 9.31 Å². The fourth-order valence-electron chi connectivity index (χ4n) is 9.63. The number of rotatable bonds is 10. The Kier molecular flexibility index (Phi) is 15.3. The van der Waals surface area contributed by atoms with E-state index in [2.05, 4.69) is 50.5 Å². The first-order valence-electron chi connectivity index (χ1n) is 26.1. The molecule has 0 bridgehead atoms. The molecular formula is C60H54BClN14O4S2. The lowest BCUT2D eigenvalue weighted by molar-refractivity contribution is 0.00578. The average molecular weight is 1150 g/mol. The summed E-state index contributed by atoms with van der Waals surface area (Å²) in [6.45, 7) is 12.1. The number of para-hydroxylation sites is 2. The van der Waals surface area contributed by atoms with Gasteiger partial charge in [0.1, 0.15) is 33.3 Å². The Morgan fingerprint density at radius 2 is 1.06 bits per heavy atom. The highest BCUT2D eigenvalue weighted by Gasteiger charge is 2.51. The number of pyridine rings is 4. The van der Waals surface area contributed by atoms with Gasteiger partial charge in [0.05, 0.1) is 55.8 Å². The molecule has 12 aromatic rings. The fraction of sp³-hybridized carbons (Fsp3) is 0.167. The summed E-state index contributed by atoms with van der Waals surface area (Å²) in [5.74, 6) is 1.26. The minimum Gasteiger partial charge on any atom is -0.399 e. The van der Waals surface area contributed by atoms with Crippen molar-refractivity contribution in [3.63, 3.8) is 0 Å². The number of nitrogens with zero attached hydrogens (tertiary/aromatic N) is 10. The van der Waals surface area contributed by atoms with E-state index < -0.39 is 0 Å². The predicted octanol–water partition coefficient (Wildman–Crippen LogP) is 11.4. The van der Waals surface area contributed by atoms with Crippen LogP contribution in [0.15, 0.2) is 179 Å². The van der Waals surface area contributed by atoms with Crippen LogP contribution in [0.4, 0.5) is 23.0 Å². The summed E-state index contributed by atoms with van der Waals surface area (Å²) in [5, 5.41) is 10.0. The summed E-state index contributed by atoms with van der Waals surface area (Å²) in [6.07, 6.45) is 9.68. The molecular weight excluding hydrogens is 1090 g/mol. The van der Waals surface area contributed by atoms with Crippen molar-refractivity contribution in [1.82, 2.24) is 49.0 Å². The second-order valence-corrected chi connectivity index (χ2v) is 22.5. The fourth-order valence-corrected chi connectivity index (χ4v) is 11.2. The molecule has 0 unspecified atom stereocenters. The van der Waals surface area contributed by atoms with Gasteiger partial charge in [-0.05, 0) is 112 Å². The standard InChI is InChI=1S/C27H21N7OS.C22H16ClN5OS.C11H17BN2O2/c1-16(33-25-24-26(31-14-30-25)36-15-32-24)22-11-17-6-5-9-21(18-10-19(28)13-29-12-18)23(17)27(35)34(22)20-7-3-2-4-8-20;1-13(27-20-19-21(25-11-24-20)30-12-26-19)17-10-14-6-5-9-16(23)18(14)22(29)28(17)15-7-3-2-4-8-15;1-10(2)11(3,4)16-12(15-10)8-5-9(13)7-14-6-8/h2-16H,28H2,1H3,(H,30,31,33);2-13H,1H3,(H,24,25,27);5-7H,13H2,1-4H3/t16-;13-;/m00./s1. The number of nitrogen functional groups attached to an aromatic ring is 2. The van der Waals surface area contributed by atoms with Crippen molar-refractivity contribution in [2.24, 2.45) is 0 Å². The van der Waals surface area contributed by atoms with Crippen molar-refractivity contribution in [3.05, 3.63) is 207 Å². The van der Waals surface area contributed by atoms with E-state index >= 15 is 0 Å². The molecule has 1 fully saturated rings. The van der Waals surface area contributed by atoms with E-state index in [9.17, 15) is 9.59 Å². The zero-order valence-electron chi connectivity index (χ0n) is 45.4. The monoisotopic (exact) mass is 1140 g/mol. The highest BCUT2D eigenvalue weighted by molar-refractivity contribution is 7.16. The van der Waals surface area contributed by atoms with Gasteiger partial charge in [-0.2, -0.15) is 0 Å². The number of nitrogens with two attached hydrogens (primary N) is 2. The molecule has 0 amide bonds. The number of thiazole rings is 2. The van der Waals surface area contributed by atoms with E-state index in [1.165, 1.54) is 35.3 Å². The lowest BCUT2D eigenvalue weighted by Gasteiger charge is -2.32. The van der Waals surface area contributed by atoms with Gasteiger partial charge in [0, 0.05) is 64.3 Å². The number of benzene rings is 4. The van der Waals surface area contributed by atoms with Crippen LogP contribution in [-0.2, 0) is 9.31 Å². The zero-order valence-corrected chi connectivity index (χ0v) is 47.7. The van der Waals surface area contributed by atoms with Crippen LogP contribution in [0.5, 0.6) is 0 Å². The molecule has 8 aromatic heterocycles. The topological polar surface area (TPSA) is 242 Å². The Morgan fingerprint density at radius 3 is 1.59 bits per heavy atom. The van der Waals surface area contributed by atoms with Gasteiger partial charge in [-0.15, -0.1) is 22.7 Å². The Labute approximate surface area is 484 Å². The summed E-state index contributed by atoms with van der Waals surface area (Å²) in [5.41, 5.74) is 22.4. The van der Waals surface area contributed by atoms with Crippen LogP contribution in [0.1, 0.15) is 65.0 Å². The number of hydrogen-bond donors (Lipinski definition) is 4. The molecule has 4 aromatic carbocycles. The molecule has 0 aliphatic carbocycles. The Morgan fingerprint density at radius 1 is 0.573 bits per heavy atom. The van der Waals surface area contributed by atoms with E-state index in [1.54, 1.807) is 51.0 Å². The van der Waals surface area contributed by atoms with Crippen molar-refractivity contribution >= 4 is 112 Å². The molecule has 1 saturated heterocycles. The number of aromatic nitrogens is 10. The summed E-state index contributed by atoms with van der Waals surface area (Å²) in [6, 6.07) is 37.7. The molecule has 22 heteroatoms. The van der Waals surface area contributed by atoms with Crippen LogP contribution < -0.4 is 38.7 Å². The third kappa shape index (κ3) is 11.0. The summed E-state index contributed by atoms with van der Waals surface area (Å²) < 4.78 is 15.2. The second-order valence-electron chi connectivity index (χ2n) is 20.4. The third-order valence-corrected chi connectivity index (χ3v) is 16.1. The Bertz CT molecular complexity index is 4410. The van der Waals surface area contributed by atoms with Crippen LogP contribution in [0, 0.1) is 0 Å². The number of fused-ring (bicyclic) bond motifs is 4. The van der Waals surface area contributed by atoms with Gasteiger partial charge in [-0.25, -0.2) is 29.9 Å². The molecule has 0 spiro atoms. The maximum absolute atomic E-state index is 14.2. The van der Waals surface area contributed by atoms with Gasteiger partial charge < -0.3 is 31.4 Å². The lowest BCUT2D eigenvalue weighted by Crippen LogP contribution is -2.41. The van der Waals surface area contributed by atoms with E-state index in [0.29, 0.717) is 49.8 Å². The summed E-state index contributed by atoms with van der Waals surface area (Å²) >= 11 is 9.30. The highest BCUT2D eigenvalue weighted by Crippen LogP contribution is 2.37. The van der Waals surface area contributed by atoms with E-state index in [0.717, 1.165) is 59.8 Å². The minimum atomic E-state index is -0.388. The molecule has 82 heavy (non-hydrogen) atoms. The number of anilines is 4. The minimum absolute atomic E-state index is 0.123. The molecule has 2 atom stereocenters. The first-order valence-corrected chi connectivity index (χ1v) is 28.2. The van der Waals surface area contributed by atoms with Crippen LogP contribution >= 0.6 is 34.3 Å². The summed E-state index contributed by atoms with van der Waals surface area (Å²) in [4.78, 5) is 63.7.